The van der Waals surface area contributed by atoms with Gasteiger partial charge in [-0.15, -0.1) is 21.5 Å². The molecule has 0 atom stereocenters. The second kappa shape index (κ2) is 7.32. The van der Waals surface area contributed by atoms with Gasteiger partial charge < -0.3 is 14.6 Å². The molecule has 0 unspecified atom stereocenters. The fourth-order valence-electron chi connectivity index (χ4n) is 2.32. The van der Waals surface area contributed by atoms with Gasteiger partial charge in [0.15, 0.2) is 5.69 Å². The van der Waals surface area contributed by atoms with Gasteiger partial charge in [-0.1, -0.05) is 11.2 Å². The SMILES string of the molecule is COc1ccc(-c2noc(-c3ccc(NCc4cccs4)nn3)n2)cc1. The Bertz CT molecular complexity index is 966. The minimum absolute atomic E-state index is 0.327. The van der Waals surface area contributed by atoms with Crippen LogP contribution in [0.5, 0.6) is 5.75 Å². The summed E-state index contributed by atoms with van der Waals surface area (Å²) in [7, 11) is 1.62. The first kappa shape index (κ1) is 16.2. The lowest BCUT2D eigenvalue weighted by atomic mass is 10.2. The van der Waals surface area contributed by atoms with E-state index in [0.29, 0.717) is 29.8 Å². The molecule has 0 radical (unpaired) electrons. The van der Waals surface area contributed by atoms with Crippen LogP contribution in [-0.4, -0.2) is 27.4 Å². The third-order valence-electron chi connectivity index (χ3n) is 3.68. The van der Waals surface area contributed by atoms with Gasteiger partial charge in [0.05, 0.1) is 13.7 Å². The van der Waals surface area contributed by atoms with Crippen molar-refractivity contribution in [1.82, 2.24) is 20.3 Å². The second-order valence-corrected chi connectivity index (χ2v) is 6.42. The predicted octanol–water partition coefficient (Wildman–Crippen LogP) is 3.88. The van der Waals surface area contributed by atoms with Crippen LogP contribution >= 0.6 is 11.3 Å². The van der Waals surface area contributed by atoms with Gasteiger partial charge in [0.1, 0.15) is 11.6 Å². The summed E-state index contributed by atoms with van der Waals surface area (Å²) in [5.41, 5.74) is 1.36. The van der Waals surface area contributed by atoms with Gasteiger partial charge in [0, 0.05) is 10.4 Å². The van der Waals surface area contributed by atoms with Crippen molar-refractivity contribution in [3.8, 4) is 28.7 Å². The summed E-state index contributed by atoms with van der Waals surface area (Å²) in [4.78, 5) is 5.62. The van der Waals surface area contributed by atoms with Crippen molar-refractivity contribution in [1.29, 1.82) is 0 Å². The molecular formula is C18H15N5O2S. The van der Waals surface area contributed by atoms with Gasteiger partial charge in [-0.05, 0) is 47.8 Å². The zero-order chi connectivity index (χ0) is 17.8. The third-order valence-corrected chi connectivity index (χ3v) is 4.56. The molecule has 7 nitrogen and oxygen atoms in total. The van der Waals surface area contributed by atoms with E-state index in [1.165, 1.54) is 4.88 Å². The van der Waals surface area contributed by atoms with Crippen LogP contribution in [0.1, 0.15) is 4.88 Å². The average molecular weight is 365 g/mol. The molecule has 26 heavy (non-hydrogen) atoms. The normalized spacial score (nSPS) is 10.7. The van der Waals surface area contributed by atoms with E-state index in [-0.39, 0.29) is 0 Å². The molecule has 0 saturated heterocycles. The number of benzene rings is 1. The van der Waals surface area contributed by atoms with Crippen LogP contribution in [0, 0.1) is 0 Å². The average Bonchev–Trinajstić information content (AvgIpc) is 3.39. The highest BCUT2D eigenvalue weighted by molar-refractivity contribution is 7.09. The van der Waals surface area contributed by atoms with Crippen LogP contribution in [-0.2, 0) is 6.54 Å². The number of hydrogen-bond acceptors (Lipinski definition) is 8. The zero-order valence-electron chi connectivity index (χ0n) is 13.9. The molecule has 1 N–H and O–H groups in total. The number of methoxy groups -OCH3 is 1. The first-order valence-corrected chi connectivity index (χ1v) is 8.78. The lowest BCUT2D eigenvalue weighted by molar-refractivity contribution is 0.414. The monoisotopic (exact) mass is 365 g/mol. The maximum atomic E-state index is 5.31. The van der Waals surface area contributed by atoms with E-state index in [4.69, 9.17) is 9.26 Å². The molecule has 0 aliphatic rings. The van der Waals surface area contributed by atoms with Gasteiger partial charge in [0.2, 0.25) is 5.82 Å². The molecule has 0 spiro atoms. The molecule has 0 saturated carbocycles. The van der Waals surface area contributed by atoms with Crippen molar-refractivity contribution >= 4 is 17.2 Å². The Hall–Kier alpha value is -3.26. The molecular weight excluding hydrogens is 350 g/mol. The Labute approximate surface area is 153 Å². The second-order valence-electron chi connectivity index (χ2n) is 5.39. The number of ether oxygens (including phenoxy) is 1. The molecule has 8 heteroatoms. The van der Waals surface area contributed by atoms with Crippen molar-refractivity contribution in [2.24, 2.45) is 0 Å². The summed E-state index contributed by atoms with van der Waals surface area (Å²) < 4.78 is 10.5. The van der Waals surface area contributed by atoms with Gasteiger partial charge in [0.25, 0.3) is 5.89 Å². The first-order valence-electron chi connectivity index (χ1n) is 7.90. The highest BCUT2D eigenvalue weighted by atomic mass is 32.1. The molecule has 130 valence electrons. The maximum Gasteiger partial charge on any atom is 0.278 e. The standard InChI is InChI=1S/C18H15N5O2S/c1-24-13-6-4-12(5-7-13)17-20-18(25-23-17)15-8-9-16(22-21-15)19-11-14-3-2-10-26-14/h2-10H,11H2,1H3,(H,19,22). The van der Waals surface area contributed by atoms with Gasteiger partial charge in [-0.25, -0.2) is 0 Å². The molecule has 0 fully saturated rings. The summed E-state index contributed by atoms with van der Waals surface area (Å²) >= 11 is 1.69. The maximum absolute atomic E-state index is 5.31. The Morgan fingerprint density at radius 1 is 1.08 bits per heavy atom. The number of thiophene rings is 1. The van der Waals surface area contributed by atoms with E-state index in [9.17, 15) is 0 Å². The number of hydrogen-bond donors (Lipinski definition) is 1. The topological polar surface area (TPSA) is 86.0 Å². The van der Waals surface area contributed by atoms with E-state index in [2.05, 4.69) is 31.7 Å². The van der Waals surface area contributed by atoms with Gasteiger partial charge in [-0.2, -0.15) is 4.98 Å². The van der Waals surface area contributed by atoms with Crippen LogP contribution < -0.4 is 10.1 Å². The molecule has 1 aromatic carbocycles. The first-order chi connectivity index (χ1) is 12.8. The lowest BCUT2D eigenvalue weighted by Gasteiger charge is -2.02. The van der Waals surface area contributed by atoms with E-state index in [1.807, 2.05) is 41.8 Å². The fraction of sp³-hybridized carbons (Fsp3) is 0.111. The number of anilines is 1. The minimum atomic E-state index is 0.327. The number of aromatic nitrogens is 4. The molecule has 0 aliphatic carbocycles. The van der Waals surface area contributed by atoms with Gasteiger partial charge >= 0.3 is 0 Å². The largest absolute Gasteiger partial charge is 0.497 e. The molecule has 3 heterocycles. The fourth-order valence-corrected chi connectivity index (χ4v) is 2.96. The van der Waals surface area contributed by atoms with Gasteiger partial charge in [-0.3, -0.25) is 0 Å². The quantitative estimate of drug-likeness (QED) is 0.555. The Kier molecular flexibility index (Phi) is 4.57. The molecule has 0 bridgehead atoms. The third kappa shape index (κ3) is 3.55. The number of nitrogens with one attached hydrogen (secondary N) is 1. The molecule has 4 rings (SSSR count). The van der Waals surface area contributed by atoms with Crippen LogP contribution in [0.2, 0.25) is 0 Å². The number of rotatable bonds is 6. The van der Waals surface area contributed by atoms with Crippen LogP contribution in [0.3, 0.4) is 0 Å². The summed E-state index contributed by atoms with van der Waals surface area (Å²) in [6, 6.07) is 15.2. The van der Waals surface area contributed by atoms with E-state index in [1.54, 1.807) is 24.5 Å². The summed E-state index contributed by atoms with van der Waals surface area (Å²) in [6.45, 7) is 0.716. The number of nitrogens with zero attached hydrogens (tertiary/aromatic N) is 4. The molecule has 4 aromatic rings. The highest BCUT2D eigenvalue weighted by Gasteiger charge is 2.12. The van der Waals surface area contributed by atoms with E-state index < -0.39 is 0 Å². The van der Waals surface area contributed by atoms with Crippen molar-refractivity contribution in [2.75, 3.05) is 12.4 Å². The van der Waals surface area contributed by atoms with Crippen LogP contribution in [0.15, 0.2) is 58.4 Å². The van der Waals surface area contributed by atoms with Crippen molar-refractivity contribution in [2.45, 2.75) is 6.54 Å². The molecule has 0 amide bonds. The molecule has 0 aliphatic heterocycles. The van der Waals surface area contributed by atoms with Crippen molar-refractivity contribution in [3.63, 3.8) is 0 Å². The van der Waals surface area contributed by atoms with E-state index in [0.717, 1.165) is 11.3 Å². The van der Waals surface area contributed by atoms with Crippen LogP contribution in [0.4, 0.5) is 5.82 Å². The highest BCUT2D eigenvalue weighted by Crippen LogP contribution is 2.23. The van der Waals surface area contributed by atoms with Crippen molar-refractivity contribution in [3.05, 3.63) is 58.8 Å². The summed E-state index contributed by atoms with van der Waals surface area (Å²) in [5.74, 6) is 2.28. The predicted molar refractivity (Wildman–Crippen MR) is 99.0 cm³/mol. The van der Waals surface area contributed by atoms with E-state index >= 15 is 0 Å². The molecule has 3 aromatic heterocycles. The Balaban J connectivity index is 1.46. The smallest absolute Gasteiger partial charge is 0.278 e. The zero-order valence-corrected chi connectivity index (χ0v) is 14.7. The summed E-state index contributed by atoms with van der Waals surface area (Å²) in [5, 5.41) is 17.6. The van der Waals surface area contributed by atoms with Crippen molar-refractivity contribution < 1.29 is 9.26 Å². The summed E-state index contributed by atoms with van der Waals surface area (Å²) in [6.07, 6.45) is 0. The Morgan fingerprint density at radius 3 is 2.65 bits per heavy atom. The minimum Gasteiger partial charge on any atom is -0.497 e. The van der Waals surface area contributed by atoms with Crippen LogP contribution in [0.25, 0.3) is 23.0 Å². The lowest BCUT2D eigenvalue weighted by Crippen LogP contribution is -2.01. The Morgan fingerprint density at radius 2 is 1.96 bits per heavy atom.